The molecule has 7 nitrogen and oxygen atoms in total. The minimum Gasteiger partial charge on any atom is -0.457 e. The van der Waals surface area contributed by atoms with Crippen LogP contribution in [0.15, 0.2) is 18.2 Å². The molecule has 0 amide bonds. The third-order valence-electron chi connectivity index (χ3n) is 3.90. The molecule has 0 aromatic carbocycles. The van der Waals surface area contributed by atoms with Gasteiger partial charge in [-0.2, -0.15) is 10.4 Å². The lowest BCUT2D eigenvalue weighted by Gasteiger charge is -2.11. The molecule has 1 aliphatic heterocycles. The van der Waals surface area contributed by atoms with E-state index in [1.54, 1.807) is 18.5 Å². The lowest BCUT2D eigenvalue weighted by molar-refractivity contribution is -0.137. The number of hydrogen-bond acceptors (Lipinski definition) is 6. The van der Waals surface area contributed by atoms with Crippen molar-refractivity contribution >= 4 is 21.9 Å². The van der Waals surface area contributed by atoms with Gasteiger partial charge in [-0.15, -0.1) is 0 Å². The van der Waals surface area contributed by atoms with Crippen LogP contribution < -0.4 is 0 Å². The van der Waals surface area contributed by atoms with Gasteiger partial charge in [-0.3, -0.25) is 4.68 Å². The highest BCUT2D eigenvalue weighted by molar-refractivity contribution is 7.91. The largest absolute Gasteiger partial charge is 0.457 e. The molecule has 2 heterocycles. The average molecular weight is 349 g/mol. The Morgan fingerprint density at radius 2 is 2.25 bits per heavy atom. The number of carbonyl (C=O) groups excluding carboxylic acids is 1. The summed E-state index contributed by atoms with van der Waals surface area (Å²) in [6.07, 6.45) is 3.37. The van der Waals surface area contributed by atoms with E-state index in [0.717, 1.165) is 5.69 Å². The molecule has 0 unspecified atom stereocenters. The van der Waals surface area contributed by atoms with Crippen LogP contribution in [0, 0.1) is 25.2 Å². The molecule has 24 heavy (non-hydrogen) atoms. The third kappa shape index (κ3) is 3.74. The Kier molecular flexibility index (Phi) is 5.24. The monoisotopic (exact) mass is 349 g/mol. The van der Waals surface area contributed by atoms with Gasteiger partial charge in [-0.25, -0.2) is 13.2 Å². The first-order chi connectivity index (χ1) is 11.3. The van der Waals surface area contributed by atoms with Crippen LogP contribution in [0.4, 0.5) is 0 Å². The molecule has 0 aliphatic carbocycles. The van der Waals surface area contributed by atoms with Crippen molar-refractivity contribution < 1.29 is 17.9 Å². The van der Waals surface area contributed by atoms with Gasteiger partial charge in [0.25, 0.3) is 0 Å². The van der Waals surface area contributed by atoms with Crippen molar-refractivity contribution in [2.75, 3.05) is 18.1 Å². The van der Waals surface area contributed by atoms with Crippen LogP contribution in [0.5, 0.6) is 0 Å². The summed E-state index contributed by atoms with van der Waals surface area (Å²) in [5.74, 6) is -0.518. The fraction of sp³-hybridized carbons (Fsp3) is 0.438. The van der Waals surface area contributed by atoms with Crippen LogP contribution in [-0.2, 0) is 19.4 Å². The second-order valence-corrected chi connectivity index (χ2v) is 7.87. The Balaban J connectivity index is 2.35. The third-order valence-corrected chi connectivity index (χ3v) is 5.65. The van der Waals surface area contributed by atoms with Gasteiger partial charge in [0, 0.05) is 11.3 Å². The molecule has 0 N–H and O–H groups in total. The molecule has 0 spiro atoms. The van der Waals surface area contributed by atoms with Crippen molar-refractivity contribution in [3.63, 3.8) is 0 Å². The molecule has 1 aliphatic rings. The van der Waals surface area contributed by atoms with E-state index in [2.05, 4.69) is 11.7 Å². The van der Waals surface area contributed by atoms with Crippen molar-refractivity contribution in [1.29, 1.82) is 5.26 Å². The van der Waals surface area contributed by atoms with Crippen molar-refractivity contribution in [2.24, 2.45) is 0 Å². The molecular formula is C16H19N3O4S. The Morgan fingerprint density at radius 3 is 2.79 bits per heavy atom. The highest BCUT2D eigenvalue weighted by Crippen LogP contribution is 2.27. The predicted octanol–water partition coefficient (Wildman–Crippen LogP) is 1.50. The Bertz CT molecular complexity index is 843. The maximum atomic E-state index is 11.8. The summed E-state index contributed by atoms with van der Waals surface area (Å²) in [4.78, 5) is 11.8. The number of rotatable bonds is 5. The number of esters is 1. The smallest absolute Gasteiger partial charge is 0.349 e. The molecule has 128 valence electrons. The van der Waals surface area contributed by atoms with Gasteiger partial charge in [0.05, 0.1) is 23.2 Å². The second-order valence-electron chi connectivity index (χ2n) is 5.64. The number of hydrogen-bond donors (Lipinski definition) is 0. The quantitative estimate of drug-likeness (QED) is 0.345. The van der Waals surface area contributed by atoms with E-state index in [0.29, 0.717) is 17.7 Å². The van der Waals surface area contributed by atoms with Gasteiger partial charge >= 0.3 is 5.97 Å². The van der Waals surface area contributed by atoms with Crippen LogP contribution in [0.2, 0.25) is 0 Å². The molecule has 0 radical (unpaired) electrons. The van der Waals surface area contributed by atoms with Gasteiger partial charge < -0.3 is 4.74 Å². The molecule has 1 fully saturated rings. The highest BCUT2D eigenvalue weighted by atomic mass is 32.2. The highest BCUT2D eigenvalue weighted by Gasteiger charge is 2.31. The Morgan fingerprint density at radius 1 is 1.54 bits per heavy atom. The molecular weight excluding hydrogens is 330 g/mol. The average Bonchev–Trinajstić information content (AvgIpc) is 3.02. The number of nitrogens with zero attached hydrogens (tertiary/aromatic N) is 3. The van der Waals surface area contributed by atoms with E-state index in [1.807, 2.05) is 6.07 Å². The molecule has 1 aromatic heterocycles. The van der Waals surface area contributed by atoms with E-state index in [1.165, 1.54) is 12.2 Å². The molecule has 2 rings (SSSR count). The summed E-state index contributed by atoms with van der Waals surface area (Å²) in [7, 11) is -3.03. The van der Waals surface area contributed by atoms with Crippen LogP contribution in [0.3, 0.4) is 0 Å². The van der Waals surface area contributed by atoms with E-state index in [4.69, 9.17) is 4.74 Å². The molecule has 8 heteroatoms. The van der Waals surface area contributed by atoms with Crippen LogP contribution >= 0.6 is 0 Å². The van der Waals surface area contributed by atoms with Crippen molar-refractivity contribution in [1.82, 2.24) is 9.78 Å². The van der Waals surface area contributed by atoms with E-state index in [-0.39, 0.29) is 29.7 Å². The summed E-state index contributed by atoms with van der Waals surface area (Å²) in [6.45, 7) is 7.02. The van der Waals surface area contributed by atoms with Gasteiger partial charge in [-0.05, 0) is 26.3 Å². The predicted molar refractivity (Wildman–Crippen MR) is 88.8 cm³/mol. The van der Waals surface area contributed by atoms with Gasteiger partial charge in [0.2, 0.25) is 0 Å². The first kappa shape index (κ1) is 17.9. The van der Waals surface area contributed by atoms with E-state index in [9.17, 15) is 18.5 Å². The van der Waals surface area contributed by atoms with Crippen molar-refractivity contribution in [2.45, 2.75) is 26.3 Å². The van der Waals surface area contributed by atoms with E-state index >= 15 is 0 Å². The molecule has 1 saturated heterocycles. The SMILES string of the molecule is C=CCOC(=O)/C(C#N)=C/c1c(C)nn([C@@H]2CCS(=O)(=O)C2)c1C. The first-order valence-corrected chi connectivity index (χ1v) is 9.27. The maximum Gasteiger partial charge on any atom is 0.349 e. The maximum absolute atomic E-state index is 11.8. The summed E-state index contributed by atoms with van der Waals surface area (Å²) in [6, 6.07) is 1.61. The first-order valence-electron chi connectivity index (χ1n) is 7.45. The Labute approximate surface area is 141 Å². The standard InChI is InChI=1S/C16H19N3O4S/c1-4-6-23-16(20)13(9-17)8-15-11(2)18-19(12(15)3)14-5-7-24(21,22)10-14/h4,8,14H,1,5-7,10H2,2-3H3/b13-8+/t14-/m1/s1. The fourth-order valence-electron chi connectivity index (χ4n) is 2.70. The molecule has 0 bridgehead atoms. The minimum absolute atomic E-state index is 0.0228. The zero-order valence-electron chi connectivity index (χ0n) is 13.7. The Hall–Kier alpha value is -2.40. The minimum atomic E-state index is -3.03. The summed E-state index contributed by atoms with van der Waals surface area (Å²) >= 11 is 0. The summed E-state index contributed by atoms with van der Waals surface area (Å²) in [5, 5.41) is 13.6. The second kappa shape index (κ2) is 7.01. The van der Waals surface area contributed by atoms with Crippen LogP contribution in [0.25, 0.3) is 6.08 Å². The fourth-order valence-corrected chi connectivity index (χ4v) is 4.39. The molecule has 0 saturated carbocycles. The summed E-state index contributed by atoms with van der Waals surface area (Å²) < 4.78 is 29.9. The lowest BCUT2D eigenvalue weighted by atomic mass is 10.1. The summed E-state index contributed by atoms with van der Waals surface area (Å²) in [5.41, 5.74) is 1.84. The number of aryl methyl sites for hydroxylation is 1. The number of sulfone groups is 1. The number of aromatic nitrogens is 2. The number of carbonyl (C=O) groups is 1. The normalized spacial score (nSPS) is 19.7. The van der Waals surface area contributed by atoms with Crippen molar-refractivity contribution in [3.8, 4) is 6.07 Å². The topological polar surface area (TPSA) is 102 Å². The van der Waals surface area contributed by atoms with Gasteiger partial charge in [-0.1, -0.05) is 12.7 Å². The molecule has 1 aromatic rings. The van der Waals surface area contributed by atoms with E-state index < -0.39 is 15.8 Å². The molecule has 1 atom stereocenters. The van der Waals surface area contributed by atoms with Crippen LogP contribution in [-0.4, -0.2) is 42.3 Å². The van der Waals surface area contributed by atoms with Crippen LogP contribution in [0.1, 0.15) is 29.4 Å². The zero-order valence-corrected chi connectivity index (χ0v) is 14.5. The number of nitriles is 1. The number of ether oxygens (including phenoxy) is 1. The zero-order chi connectivity index (χ0) is 17.9. The van der Waals surface area contributed by atoms with Crippen molar-refractivity contribution in [3.05, 3.63) is 35.2 Å². The lowest BCUT2D eigenvalue weighted by Crippen LogP contribution is -2.14. The van der Waals surface area contributed by atoms with Gasteiger partial charge in [0.1, 0.15) is 18.2 Å². The van der Waals surface area contributed by atoms with Gasteiger partial charge in [0.15, 0.2) is 9.84 Å².